The molecule has 0 spiro atoms. The first kappa shape index (κ1) is 16.5. The summed E-state index contributed by atoms with van der Waals surface area (Å²) < 4.78 is 1.84. The molecular formula is C20H17ClN4O. The summed E-state index contributed by atoms with van der Waals surface area (Å²) in [5, 5.41) is 9.84. The van der Waals surface area contributed by atoms with Crippen molar-refractivity contribution in [3.63, 3.8) is 0 Å². The van der Waals surface area contributed by atoms with Gasteiger partial charge in [0.1, 0.15) is 0 Å². The summed E-state index contributed by atoms with van der Waals surface area (Å²) in [6.07, 6.45) is 0.924. The number of hydrogen-bond donors (Lipinski definition) is 1. The van der Waals surface area contributed by atoms with Gasteiger partial charge in [-0.2, -0.15) is 5.10 Å². The van der Waals surface area contributed by atoms with Gasteiger partial charge in [-0.3, -0.25) is 4.79 Å². The van der Waals surface area contributed by atoms with Gasteiger partial charge in [0, 0.05) is 22.5 Å². The van der Waals surface area contributed by atoms with Crippen molar-refractivity contribution in [2.75, 3.05) is 5.32 Å². The maximum atomic E-state index is 12.6. The number of rotatable bonds is 4. The summed E-state index contributed by atoms with van der Waals surface area (Å²) in [6, 6.07) is 16.8. The van der Waals surface area contributed by atoms with Crippen LogP contribution in [0.3, 0.4) is 0 Å². The number of benzene rings is 2. The van der Waals surface area contributed by atoms with Gasteiger partial charge in [-0.25, -0.2) is 9.67 Å². The van der Waals surface area contributed by atoms with Crippen molar-refractivity contribution in [2.24, 2.45) is 0 Å². The fourth-order valence-electron chi connectivity index (χ4n) is 2.97. The summed E-state index contributed by atoms with van der Waals surface area (Å²) in [5.41, 5.74) is 2.17. The molecule has 6 heteroatoms. The number of para-hydroxylation sites is 1. The number of aryl methyl sites for hydroxylation is 1. The molecule has 0 aliphatic carbocycles. The van der Waals surface area contributed by atoms with Gasteiger partial charge in [0.2, 0.25) is 0 Å². The lowest BCUT2D eigenvalue weighted by molar-refractivity contribution is 0.102. The molecule has 0 unspecified atom stereocenters. The van der Waals surface area contributed by atoms with E-state index in [1.807, 2.05) is 35.0 Å². The molecule has 0 fully saturated rings. The average molecular weight is 365 g/mol. The van der Waals surface area contributed by atoms with Gasteiger partial charge < -0.3 is 5.32 Å². The third-order valence-corrected chi connectivity index (χ3v) is 4.41. The molecule has 1 N–H and O–H groups in total. The summed E-state index contributed by atoms with van der Waals surface area (Å²) in [5.74, 6) is 0.264. The van der Waals surface area contributed by atoms with Crippen LogP contribution in [0.4, 0.5) is 5.82 Å². The van der Waals surface area contributed by atoms with Crippen LogP contribution in [0, 0.1) is 0 Å². The molecule has 2 aromatic carbocycles. The highest BCUT2D eigenvalue weighted by Crippen LogP contribution is 2.26. The van der Waals surface area contributed by atoms with Crippen molar-refractivity contribution in [1.82, 2.24) is 14.8 Å². The summed E-state index contributed by atoms with van der Waals surface area (Å²) in [7, 11) is 0. The minimum Gasteiger partial charge on any atom is -0.305 e. The van der Waals surface area contributed by atoms with Gasteiger partial charge in [0.15, 0.2) is 11.5 Å². The Morgan fingerprint density at radius 1 is 1.15 bits per heavy atom. The Hall–Kier alpha value is -2.92. The molecule has 0 bridgehead atoms. The number of nitrogens with one attached hydrogen (secondary N) is 1. The largest absolute Gasteiger partial charge is 0.305 e. The van der Waals surface area contributed by atoms with Crippen LogP contribution in [-0.4, -0.2) is 20.7 Å². The number of nitrogens with zero attached hydrogens (tertiary/aromatic N) is 3. The van der Waals surface area contributed by atoms with Crippen LogP contribution in [0.25, 0.3) is 21.9 Å². The standard InChI is InChI=1S/C20H17ClN4O/c1-2-10-25-19-16(12-13-6-3-4-9-17(13)22-19)18(24-25)23-20(26)14-7-5-8-15(21)11-14/h3-9,11-12H,2,10H2,1H3,(H,23,24,26). The number of amides is 1. The minimum atomic E-state index is -0.247. The molecule has 0 radical (unpaired) electrons. The zero-order chi connectivity index (χ0) is 18.1. The molecule has 0 aliphatic heterocycles. The second-order valence-electron chi connectivity index (χ2n) is 6.09. The molecule has 26 heavy (non-hydrogen) atoms. The van der Waals surface area contributed by atoms with E-state index >= 15 is 0 Å². The molecule has 130 valence electrons. The van der Waals surface area contributed by atoms with E-state index in [0.29, 0.717) is 16.4 Å². The van der Waals surface area contributed by atoms with Crippen molar-refractivity contribution < 1.29 is 4.79 Å². The summed E-state index contributed by atoms with van der Waals surface area (Å²) in [6.45, 7) is 2.81. The SMILES string of the molecule is CCCn1nc(NC(=O)c2cccc(Cl)c2)c2cc3ccccc3nc21. The number of aromatic nitrogens is 3. The third kappa shape index (κ3) is 3.02. The van der Waals surface area contributed by atoms with E-state index in [0.717, 1.165) is 34.9 Å². The molecule has 2 aromatic heterocycles. The first-order valence-electron chi connectivity index (χ1n) is 8.49. The second kappa shape index (κ2) is 6.77. The van der Waals surface area contributed by atoms with Gasteiger partial charge in [0.05, 0.1) is 10.9 Å². The molecule has 0 saturated carbocycles. The molecule has 5 nitrogen and oxygen atoms in total. The number of anilines is 1. The Bertz CT molecular complexity index is 1120. The number of fused-ring (bicyclic) bond motifs is 2. The molecule has 4 aromatic rings. The third-order valence-electron chi connectivity index (χ3n) is 4.18. The van der Waals surface area contributed by atoms with Gasteiger partial charge >= 0.3 is 0 Å². The number of carbonyl (C=O) groups is 1. The predicted octanol–water partition coefficient (Wildman–Crippen LogP) is 4.90. The molecule has 0 atom stereocenters. The molecule has 0 saturated heterocycles. The topological polar surface area (TPSA) is 59.8 Å². The van der Waals surface area contributed by atoms with Gasteiger partial charge in [-0.1, -0.05) is 42.8 Å². The minimum absolute atomic E-state index is 0.247. The predicted molar refractivity (Wildman–Crippen MR) is 105 cm³/mol. The summed E-state index contributed by atoms with van der Waals surface area (Å²) in [4.78, 5) is 17.3. The normalized spacial score (nSPS) is 11.2. The number of pyridine rings is 1. The van der Waals surface area contributed by atoms with Crippen LogP contribution in [-0.2, 0) is 6.54 Å². The zero-order valence-electron chi connectivity index (χ0n) is 14.2. The molecule has 2 heterocycles. The van der Waals surface area contributed by atoms with Gasteiger partial charge in [0.25, 0.3) is 5.91 Å². The monoisotopic (exact) mass is 364 g/mol. The van der Waals surface area contributed by atoms with E-state index in [9.17, 15) is 4.79 Å². The maximum absolute atomic E-state index is 12.6. The molecule has 1 amide bonds. The Morgan fingerprint density at radius 3 is 2.81 bits per heavy atom. The van der Waals surface area contributed by atoms with Gasteiger partial charge in [-0.05, 0) is 36.8 Å². The van der Waals surface area contributed by atoms with Crippen molar-refractivity contribution >= 4 is 45.3 Å². The zero-order valence-corrected chi connectivity index (χ0v) is 15.0. The van der Waals surface area contributed by atoms with Crippen LogP contribution in [0.5, 0.6) is 0 Å². The van der Waals surface area contributed by atoms with E-state index in [-0.39, 0.29) is 5.91 Å². The van der Waals surface area contributed by atoms with E-state index in [2.05, 4.69) is 17.3 Å². The molecular weight excluding hydrogens is 348 g/mol. The fourth-order valence-corrected chi connectivity index (χ4v) is 3.16. The van der Waals surface area contributed by atoms with Crippen molar-refractivity contribution in [3.05, 3.63) is 65.2 Å². The number of hydrogen-bond acceptors (Lipinski definition) is 3. The van der Waals surface area contributed by atoms with Crippen molar-refractivity contribution in [1.29, 1.82) is 0 Å². The van der Waals surface area contributed by atoms with E-state index < -0.39 is 0 Å². The quantitative estimate of drug-likeness (QED) is 0.560. The van der Waals surface area contributed by atoms with E-state index in [1.165, 1.54) is 0 Å². The Balaban J connectivity index is 1.81. The fraction of sp³-hybridized carbons (Fsp3) is 0.150. The lowest BCUT2D eigenvalue weighted by atomic mass is 10.2. The van der Waals surface area contributed by atoms with Crippen LogP contribution < -0.4 is 5.32 Å². The van der Waals surface area contributed by atoms with E-state index in [4.69, 9.17) is 16.6 Å². The van der Waals surface area contributed by atoms with Crippen LogP contribution in [0.15, 0.2) is 54.6 Å². The van der Waals surface area contributed by atoms with E-state index in [1.54, 1.807) is 24.3 Å². The van der Waals surface area contributed by atoms with Crippen LogP contribution >= 0.6 is 11.6 Å². The lowest BCUT2D eigenvalue weighted by Gasteiger charge is -2.03. The first-order valence-corrected chi connectivity index (χ1v) is 8.86. The summed E-state index contributed by atoms with van der Waals surface area (Å²) >= 11 is 5.99. The average Bonchev–Trinajstić information content (AvgIpc) is 2.97. The Morgan fingerprint density at radius 2 is 2.00 bits per heavy atom. The second-order valence-corrected chi connectivity index (χ2v) is 6.52. The Kier molecular flexibility index (Phi) is 4.31. The lowest BCUT2D eigenvalue weighted by Crippen LogP contribution is -2.12. The highest BCUT2D eigenvalue weighted by atomic mass is 35.5. The smallest absolute Gasteiger partial charge is 0.256 e. The van der Waals surface area contributed by atoms with Gasteiger partial charge in [-0.15, -0.1) is 0 Å². The van der Waals surface area contributed by atoms with Crippen LogP contribution in [0.1, 0.15) is 23.7 Å². The highest BCUT2D eigenvalue weighted by Gasteiger charge is 2.16. The molecule has 4 rings (SSSR count). The molecule has 0 aliphatic rings. The first-order chi connectivity index (χ1) is 12.7. The number of halogens is 1. The van der Waals surface area contributed by atoms with Crippen molar-refractivity contribution in [2.45, 2.75) is 19.9 Å². The highest BCUT2D eigenvalue weighted by molar-refractivity contribution is 6.31. The Labute approximate surface area is 155 Å². The van der Waals surface area contributed by atoms with Crippen molar-refractivity contribution in [3.8, 4) is 0 Å². The maximum Gasteiger partial charge on any atom is 0.256 e. The number of carbonyl (C=O) groups excluding carboxylic acids is 1. The van der Waals surface area contributed by atoms with Crippen LogP contribution in [0.2, 0.25) is 5.02 Å².